The molecule has 8 heteroatoms. The molecule has 0 aromatic heterocycles. The molecule has 3 aromatic carbocycles. The van der Waals surface area contributed by atoms with Gasteiger partial charge in [0.1, 0.15) is 6.04 Å². The van der Waals surface area contributed by atoms with Crippen LogP contribution < -0.4 is 10.0 Å². The second-order valence-corrected chi connectivity index (χ2v) is 9.35. The number of benzene rings is 3. The molecule has 1 unspecified atom stereocenters. The van der Waals surface area contributed by atoms with Gasteiger partial charge in [-0.25, -0.2) is 8.42 Å². The number of anilines is 1. The first-order valence-electron chi connectivity index (χ1n) is 9.13. The standard InChI is InChI=1S/C22H20Cl2N2O3S/c1-15-7-10-18(11-8-15)30(28,29)26-21(13-16-5-3-2-4-6-16)22(27)25-20-14-17(23)9-12-19(20)24/h2-12,14,21,26H,13H2,1H3,(H,25,27). The minimum atomic E-state index is -3.92. The number of halogens is 2. The predicted octanol–water partition coefficient (Wildman–Crippen LogP) is 4.83. The Balaban J connectivity index is 1.88. The number of hydrogen-bond acceptors (Lipinski definition) is 3. The Morgan fingerprint density at radius 2 is 1.63 bits per heavy atom. The lowest BCUT2D eigenvalue weighted by Crippen LogP contribution is -2.45. The van der Waals surface area contributed by atoms with Crippen LogP contribution in [0.5, 0.6) is 0 Å². The molecule has 0 saturated carbocycles. The van der Waals surface area contributed by atoms with Gasteiger partial charge in [-0.2, -0.15) is 4.72 Å². The highest BCUT2D eigenvalue weighted by Gasteiger charge is 2.26. The number of rotatable bonds is 7. The molecule has 0 radical (unpaired) electrons. The first-order valence-corrected chi connectivity index (χ1v) is 11.4. The van der Waals surface area contributed by atoms with Crippen molar-refractivity contribution in [2.75, 3.05) is 5.32 Å². The molecule has 0 fully saturated rings. The third-order valence-corrected chi connectivity index (χ3v) is 6.47. The van der Waals surface area contributed by atoms with Crippen LogP contribution in [0.4, 0.5) is 5.69 Å². The lowest BCUT2D eigenvalue weighted by Gasteiger charge is -2.19. The van der Waals surface area contributed by atoms with Crippen molar-refractivity contribution in [3.8, 4) is 0 Å². The second kappa shape index (κ2) is 9.62. The zero-order chi connectivity index (χ0) is 21.7. The minimum absolute atomic E-state index is 0.0831. The van der Waals surface area contributed by atoms with Gasteiger partial charge in [0.25, 0.3) is 0 Å². The summed E-state index contributed by atoms with van der Waals surface area (Å²) in [6, 6.07) is 19.2. The van der Waals surface area contributed by atoms with Gasteiger partial charge in [-0.3, -0.25) is 4.79 Å². The van der Waals surface area contributed by atoms with Gasteiger partial charge >= 0.3 is 0 Å². The van der Waals surface area contributed by atoms with E-state index in [1.165, 1.54) is 18.2 Å². The molecule has 30 heavy (non-hydrogen) atoms. The van der Waals surface area contributed by atoms with Crippen molar-refractivity contribution in [1.82, 2.24) is 4.72 Å². The van der Waals surface area contributed by atoms with E-state index in [0.29, 0.717) is 15.7 Å². The van der Waals surface area contributed by atoms with E-state index < -0.39 is 22.0 Å². The maximum atomic E-state index is 13.0. The first-order chi connectivity index (χ1) is 14.2. The zero-order valence-electron chi connectivity index (χ0n) is 16.1. The fourth-order valence-electron chi connectivity index (χ4n) is 2.82. The van der Waals surface area contributed by atoms with Gasteiger partial charge in [-0.1, -0.05) is 71.2 Å². The van der Waals surface area contributed by atoms with Crippen molar-refractivity contribution in [2.24, 2.45) is 0 Å². The number of aryl methyl sites for hydroxylation is 1. The molecule has 1 amide bonds. The van der Waals surface area contributed by atoms with Gasteiger partial charge in [0.05, 0.1) is 15.6 Å². The molecule has 156 valence electrons. The molecule has 0 aliphatic rings. The Kier molecular flexibility index (Phi) is 7.15. The molecule has 2 N–H and O–H groups in total. The number of carbonyl (C=O) groups is 1. The summed E-state index contributed by atoms with van der Waals surface area (Å²) in [6.07, 6.45) is 0.163. The summed E-state index contributed by atoms with van der Waals surface area (Å²) in [4.78, 5) is 13.1. The van der Waals surface area contributed by atoms with E-state index in [0.717, 1.165) is 11.1 Å². The highest BCUT2D eigenvalue weighted by atomic mass is 35.5. The van der Waals surface area contributed by atoms with Crippen molar-refractivity contribution in [2.45, 2.75) is 24.3 Å². The van der Waals surface area contributed by atoms with Crippen LogP contribution in [0.3, 0.4) is 0 Å². The van der Waals surface area contributed by atoms with E-state index in [2.05, 4.69) is 10.0 Å². The molecule has 3 rings (SSSR count). The highest BCUT2D eigenvalue weighted by Crippen LogP contribution is 2.26. The van der Waals surface area contributed by atoms with E-state index in [1.807, 2.05) is 37.3 Å². The molecule has 0 heterocycles. The van der Waals surface area contributed by atoms with Crippen LogP contribution in [0.15, 0.2) is 77.7 Å². The van der Waals surface area contributed by atoms with Crippen LogP contribution in [0, 0.1) is 6.92 Å². The topological polar surface area (TPSA) is 75.3 Å². The van der Waals surface area contributed by atoms with Crippen LogP contribution >= 0.6 is 23.2 Å². The summed E-state index contributed by atoms with van der Waals surface area (Å²) in [5.41, 5.74) is 2.05. The summed E-state index contributed by atoms with van der Waals surface area (Å²) in [5.74, 6) is -0.543. The van der Waals surface area contributed by atoms with Crippen LogP contribution in [0.25, 0.3) is 0 Å². The summed E-state index contributed by atoms with van der Waals surface area (Å²) >= 11 is 12.1. The molecular weight excluding hydrogens is 443 g/mol. The van der Waals surface area contributed by atoms with Crippen LogP contribution in [-0.2, 0) is 21.2 Å². The second-order valence-electron chi connectivity index (χ2n) is 6.79. The molecule has 0 aliphatic heterocycles. The molecule has 0 bridgehead atoms. The summed E-state index contributed by atoms with van der Waals surface area (Å²) in [7, 11) is -3.92. The van der Waals surface area contributed by atoms with Crippen molar-refractivity contribution >= 4 is 44.8 Å². The summed E-state index contributed by atoms with van der Waals surface area (Å²) in [5, 5.41) is 3.37. The van der Waals surface area contributed by atoms with E-state index in [-0.39, 0.29) is 11.3 Å². The van der Waals surface area contributed by atoms with Gasteiger partial charge < -0.3 is 5.32 Å². The Morgan fingerprint density at radius 1 is 0.967 bits per heavy atom. The van der Waals surface area contributed by atoms with Crippen molar-refractivity contribution < 1.29 is 13.2 Å². The van der Waals surface area contributed by atoms with Crippen LogP contribution in [-0.4, -0.2) is 20.4 Å². The van der Waals surface area contributed by atoms with E-state index in [9.17, 15) is 13.2 Å². The van der Waals surface area contributed by atoms with E-state index in [1.54, 1.807) is 24.3 Å². The molecule has 1 atom stereocenters. The number of sulfonamides is 1. The molecule has 3 aromatic rings. The Labute approximate surface area is 186 Å². The monoisotopic (exact) mass is 462 g/mol. The lowest BCUT2D eigenvalue weighted by molar-refractivity contribution is -0.117. The highest BCUT2D eigenvalue weighted by molar-refractivity contribution is 7.89. The third-order valence-electron chi connectivity index (χ3n) is 4.41. The normalized spacial score (nSPS) is 12.4. The summed E-state index contributed by atoms with van der Waals surface area (Å²) < 4.78 is 28.3. The average molecular weight is 463 g/mol. The molecule has 0 spiro atoms. The number of hydrogen-bond donors (Lipinski definition) is 2. The number of carbonyl (C=O) groups excluding carboxylic acids is 1. The van der Waals surface area contributed by atoms with Crippen LogP contribution in [0.2, 0.25) is 10.0 Å². The largest absolute Gasteiger partial charge is 0.323 e. The lowest BCUT2D eigenvalue weighted by atomic mass is 10.1. The van der Waals surface area contributed by atoms with Crippen molar-refractivity contribution in [3.05, 3.63) is 94.0 Å². The van der Waals surface area contributed by atoms with Gasteiger partial charge in [0.15, 0.2) is 0 Å². The molecule has 0 aliphatic carbocycles. The molecular formula is C22H20Cl2N2O3S. The van der Waals surface area contributed by atoms with Crippen molar-refractivity contribution in [1.29, 1.82) is 0 Å². The molecule has 5 nitrogen and oxygen atoms in total. The van der Waals surface area contributed by atoms with E-state index >= 15 is 0 Å². The quantitative estimate of drug-likeness (QED) is 0.527. The molecule has 0 saturated heterocycles. The van der Waals surface area contributed by atoms with Gasteiger partial charge in [-0.05, 0) is 49.2 Å². The average Bonchev–Trinajstić information content (AvgIpc) is 2.71. The third kappa shape index (κ3) is 5.83. The maximum absolute atomic E-state index is 13.0. The zero-order valence-corrected chi connectivity index (χ0v) is 18.4. The minimum Gasteiger partial charge on any atom is -0.323 e. The van der Waals surface area contributed by atoms with Gasteiger partial charge in [0.2, 0.25) is 15.9 Å². The smallest absolute Gasteiger partial charge is 0.242 e. The fraction of sp³-hybridized carbons (Fsp3) is 0.136. The van der Waals surface area contributed by atoms with Crippen LogP contribution in [0.1, 0.15) is 11.1 Å². The number of amides is 1. The van der Waals surface area contributed by atoms with Gasteiger partial charge in [-0.15, -0.1) is 0 Å². The predicted molar refractivity (Wildman–Crippen MR) is 121 cm³/mol. The maximum Gasteiger partial charge on any atom is 0.242 e. The Morgan fingerprint density at radius 3 is 2.30 bits per heavy atom. The van der Waals surface area contributed by atoms with E-state index in [4.69, 9.17) is 23.2 Å². The van der Waals surface area contributed by atoms with Crippen molar-refractivity contribution in [3.63, 3.8) is 0 Å². The fourth-order valence-corrected chi connectivity index (χ4v) is 4.36. The summed E-state index contributed by atoms with van der Waals surface area (Å²) in [6.45, 7) is 1.87. The SMILES string of the molecule is Cc1ccc(S(=O)(=O)NC(Cc2ccccc2)C(=O)Nc2cc(Cl)ccc2Cl)cc1. The Bertz CT molecular complexity index is 1130. The number of nitrogens with one attached hydrogen (secondary N) is 2. The first kappa shape index (κ1) is 22.3. The van der Waals surface area contributed by atoms with Gasteiger partial charge in [0, 0.05) is 5.02 Å². The Hall–Kier alpha value is -2.38.